The van der Waals surface area contributed by atoms with Crippen molar-refractivity contribution in [1.29, 1.82) is 0 Å². The molecule has 38 heavy (non-hydrogen) atoms. The first-order chi connectivity index (χ1) is 18.4. The number of carbonyl (C=O) groups is 1. The Hall–Kier alpha value is -4.01. The molecule has 0 bridgehead atoms. The van der Waals surface area contributed by atoms with Crippen LogP contribution in [0.5, 0.6) is 11.5 Å². The fourth-order valence-electron chi connectivity index (χ4n) is 4.61. The number of rotatable bonds is 8. The minimum Gasteiger partial charge on any atom is -0.495 e. The molecule has 3 aromatic rings. The number of hydrogen-bond donors (Lipinski definition) is 2. The van der Waals surface area contributed by atoms with Gasteiger partial charge in [-0.1, -0.05) is 54.3 Å². The van der Waals surface area contributed by atoms with Crippen LogP contribution < -0.4 is 14.8 Å². The molecular formula is C33H35NO4. The lowest BCUT2D eigenvalue weighted by Gasteiger charge is -2.26. The monoisotopic (exact) mass is 509 g/mol. The zero-order valence-corrected chi connectivity index (χ0v) is 22.5. The number of aryl methyl sites for hydroxylation is 1. The number of benzene rings is 3. The Morgan fingerprint density at radius 1 is 1.00 bits per heavy atom. The molecule has 1 aliphatic rings. The second-order valence-electron chi connectivity index (χ2n) is 9.78. The van der Waals surface area contributed by atoms with Crippen molar-refractivity contribution in [2.24, 2.45) is 0 Å². The van der Waals surface area contributed by atoms with Crippen molar-refractivity contribution in [2.45, 2.75) is 58.3 Å². The topological polar surface area (TPSA) is 67.8 Å². The quantitative estimate of drug-likeness (QED) is 0.378. The molecule has 196 valence electrons. The Labute approximate surface area is 225 Å². The first-order valence-electron chi connectivity index (χ1n) is 13.1. The maximum atomic E-state index is 13.6. The summed E-state index contributed by atoms with van der Waals surface area (Å²) in [6.45, 7) is 5.55. The molecule has 5 heteroatoms. The molecule has 5 nitrogen and oxygen atoms in total. The summed E-state index contributed by atoms with van der Waals surface area (Å²) in [6, 6.07) is 20.8. The number of carbonyl (C=O) groups excluding carboxylic acids is 1. The maximum Gasteiger partial charge on any atom is 0.255 e. The van der Waals surface area contributed by atoms with Gasteiger partial charge in [0.25, 0.3) is 5.91 Å². The Morgan fingerprint density at radius 3 is 2.53 bits per heavy atom. The average Bonchev–Trinajstić information content (AvgIpc) is 2.92. The number of aliphatic hydroxyl groups excluding tert-OH is 1. The predicted octanol–water partition coefficient (Wildman–Crippen LogP) is 5.78. The molecule has 2 N–H and O–H groups in total. The smallest absolute Gasteiger partial charge is 0.255 e. The standard InChI is InChI=1S/C33H35NO4/c1-22(2)38-32-19-17-24(16-18-26-11-6-8-15-31(26)37-4)20-29(32)33(36)34-30(23(3)35)21-27-13-9-12-25-10-5-7-14-28(25)27/h5-8,10-11,13-15,17,19-20,22-23,30,35H,9,12,21H2,1-4H3,(H,34,36)/t23?,30-/m1/s1. The Bertz CT molecular complexity index is 1380. The largest absolute Gasteiger partial charge is 0.495 e. The van der Waals surface area contributed by atoms with Crippen LogP contribution in [-0.4, -0.2) is 36.4 Å². The first kappa shape index (κ1) is 27.0. The summed E-state index contributed by atoms with van der Waals surface area (Å²) in [7, 11) is 1.61. The predicted molar refractivity (Wildman–Crippen MR) is 151 cm³/mol. The highest BCUT2D eigenvalue weighted by Crippen LogP contribution is 2.30. The van der Waals surface area contributed by atoms with E-state index in [1.165, 1.54) is 11.1 Å². The van der Waals surface area contributed by atoms with Crippen molar-refractivity contribution >= 4 is 11.5 Å². The molecule has 0 aromatic heterocycles. The van der Waals surface area contributed by atoms with Crippen molar-refractivity contribution in [1.82, 2.24) is 5.32 Å². The SMILES string of the molecule is COc1ccccc1C#Cc1ccc(OC(C)C)c(C(=O)N[C@H](CC2=CCCc3ccccc32)C(C)O)c1. The van der Waals surface area contributed by atoms with Crippen LogP contribution in [0.3, 0.4) is 0 Å². The Morgan fingerprint density at radius 2 is 1.76 bits per heavy atom. The van der Waals surface area contributed by atoms with Crippen LogP contribution in [0, 0.1) is 11.8 Å². The summed E-state index contributed by atoms with van der Waals surface area (Å²) < 4.78 is 11.4. The molecule has 0 radical (unpaired) electrons. The number of nitrogens with one attached hydrogen (secondary N) is 1. The minimum atomic E-state index is -0.739. The third-order valence-corrected chi connectivity index (χ3v) is 6.54. The molecule has 0 fully saturated rings. The average molecular weight is 510 g/mol. The lowest BCUT2D eigenvalue weighted by Crippen LogP contribution is -2.42. The van der Waals surface area contributed by atoms with Gasteiger partial charge in [-0.25, -0.2) is 0 Å². The van der Waals surface area contributed by atoms with Crippen LogP contribution >= 0.6 is 0 Å². The molecule has 1 amide bonds. The number of methoxy groups -OCH3 is 1. The fraction of sp³-hybridized carbons (Fsp3) is 0.303. The van der Waals surface area contributed by atoms with Crippen molar-refractivity contribution in [3.8, 4) is 23.3 Å². The summed E-state index contributed by atoms with van der Waals surface area (Å²) in [5, 5.41) is 13.7. The summed E-state index contributed by atoms with van der Waals surface area (Å²) in [4.78, 5) is 13.6. The molecule has 2 atom stereocenters. The van der Waals surface area contributed by atoms with Gasteiger partial charge in [0.1, 0.15) is 11.5 Å². The molecule has 0 aliphatic heterocycles. The van der Waals surface area contributed by atoms with Crippen LogP contribution in [-0.2, 0) is 6.42 Å². The van der Waals surface area contributed by atoms with Crippen LogP contribution in [0.15, 0.2) is 72.8 Å². The van der Waals surface area contributed by atoms with Crippen molar-refractivity contribution in [3.05, 3.63) is 101 Å². The van der Waals surface area contributed by atoms with E-state index in [0.29, 0.717) is 29.0 Å². The van der Waals surface area contributed by atoms with Crippen molar-refractivity contribution in [2.75, 3.05) is 7.11 Å². The minimum absolute atomic E-state index is 0.108. The van der Waals surface area contributed by atoms with Crippen LogP contribution in [0.2, 0.25) is 0 Å². The van der Waals surface area contributed by atoms with Gasteiger partial charge in [-0.2, -0.15) is 0 Å². The molecular weight excluding hydrogens is 474 g/mol. The molecule has 0 saturated carbocycles. The second-order valence-corrected chi connectivity index (χ2v) is 9.78. The van der Waals surface area contributed by atoms with Crippen LogP contribution in [0.1, 0.15) is 66.2 Å². The maximum absolute atomic E-state index is 13.6. The van der Waals surface area contributed by atoms with E-state index in [9.17, 15) is 9.90 Å². The Kier molecular flexibility index (Phi) is 8.89. The number of hydrogen-bond acceptors (Lipinski definition) is 4. The van der Waals surface area contributed by atoms with Crippen LogP contribution in [0.4, 0.5) is 0 Å². The van der Waals surface area contributed by atoms with Gasteiger partial charge in [0.05, 0.1) is 36.5 Å². The summed E-state index contributed by atoms with van der Waals surface area (Å²) in [5.74, 6) is 7.14. The third-order valence-electron chi connectivity index (χ3n) is 6.54. The van der Waals surface area contributed by atoms with E-state index in [1.54, 1.807) is 26.2 Å². The van der Waals surface area contributed by atoms with Gasteiger partial charge in [0.15, 0.2) is 0 Å². The van der Waals surface area contributed by atoms with Gasteiger partial charge in [-0.3, -0.25) is 4.79 Å². The first-order valence-corrected chi connectivity index (χ1v) is 13.1. The number of para-hydroxylation sites is 1. The zero-order valence-electron chi connectivity index (χ0n) is 22.5. The van der Waals surface area contributed by atoms with Crippen molar-refractivity contribution in [3.63, 3.8) is 0 Å². The molecule has 1 aliphatic carbocycles. The van der Waals surface area contributed by atoms with E-state index in [0.717, 1.165) is 24.0 Å². The van der Waals surface area contributed by atoms with E-state index in [-0.39, 0.29) is 12.0 Å². The van der Waals surface area contributed by atoms with Crippen LogP contribution in [0.25, 0.3) is 5.57 Å². The van der Waals surface area contributed by atoms with Crippen molar-refractivity contribution < 1.29 is 19.4 Å². The van der Waals surface area contributed by atoms with Gasteiger partial charge in [-0.05, 0) is 87.1 Å². The lowest BCUT2D eigenvalue weighted by molar-refractivity contribution is 0.0857. The number of ether oxygens (including phenoxy) is 2. The molecule has 3 aromatic carbocycles. The van der Waals surface area contributed by atoms with E-state index in [2.05, 4.69) is 41.4 Å². The molecule has 0 spiro atoms. The number of aliphatic hydroxyl groups is 1. The van der Waals surface area contributed by atoms with Gasteiger partial charge in [0, 0.05) is 5.56 Å². The van der Waals surface area contributed by atoms with E-state index in [4.69, 9.17) is 9.47 Å². The molecule has 0 saturated heterocycles. The number of allylic oxidation sites excluding steroid dienone is 1. The highest BCUT2D eigenvalue weighted by molar-refractivity contribution is 5.97. The molecule has 1 unspecified atom stereocenters. The number of amides is 1. The Balaban J connectivity index is 1.60. The van der Waals surface area contributed by atoms with E-state index >= 15 is 0 Å². The summed E-state index contributed by atoms with van der Waals surface area (Å²) >= 11 is 0. The normalized spacial score (nSPS) is 13.9. The number of fused-ring (bicyclic) bond motifs is 1. The fourth-order valence-corrected chi connectivity index (χ4v) is 4.61. The van der Waals surface area contributed by atoms with E-state index < -0.39 is 12.1 Å². The van der Waals surface area contributed by atoms with Gasteiger partial charge >= 0.3 is 0 Å². The highest BCUT2D eigenvalue weighted by Gasteiger charge is 2.24. The molecule has 4 rings (SSSR count). The lowest BCUT2D eigenvalue weighted by atomic mass is 9.86. The van der Waals surface area contributed by atoms with Gasteiger partial charge < -0.3 is 19.9 Å². The summed E-state index contributed by atoms with van der Waals surface area (Å²) in [5.41, 5.74) is 5.46. The van der Waals surface area contributed by atoms with E-state index in [1.807, 2.05) is 50.2 Å². The highest BCUT2D eigenvalue weighted by atomic mass is 16.5. The van der Waals surface area contributed by atoms with Gasteiger partial charge in [-0.15, -0.1) is 0 Å². The molecule has 0 heterocycles. The van der Waals surface area contributed by atoms with Gasteiger partial charge in [0.2, 0.25) is 0 Å². The third kappa shape index (κ3) is 6.65. The summed E-state index contributed by atoms with van der Waals surface area (Å²) in [6.07, 6.45) is 3.86. The second kappa shape index (κ2) is 12.5. The zero-order chi connectivity index (χ0) is 27.1.